The maximum absolute atomic E-state index is 12.4. The molecule has 1 atom stereocenters. The van der Waals surface area contributed by atoms with Crippen LogP contribution in [0.3, 0.4) is 0 Å². The molecule has 0 unspecified atom stereocenters. The first-order valence-electron chi connectivity index (χ1n) is 6.08. The molecular formula is C13H14F3N3O. The van der Waals surface area contributed by atoms with Gasteiger partial charge in [0.2, 0.25) is 5.91 Å². The van der Waals surface area contributed by atoms with Crippen molar-refractivity contribution in [2.45, 2.75) is 19.5 Å². The predicted octanol–water partition coefficient (Wildman–Crippen LogP) is 2.40. The van der Waals surface area contributed by atoms with Crippen LogP contribution in [0.25, 0.3) is 0 Å². The van der Waals surface area contributed by atoms with E-state index in [-0.39, 0.29) is 12.3 Å². The van der Waals surface area contributed by atoms with Gasteiger partial charge in [0.25, 0.3) is 0 Å². The van der Waals surface area contributed by atoms with Crippen LogP contribution in [-0.4, -0.2) is 29.3 Å². The van der Waals surface area contributed by atoms with Crippen molar-refractivity contribution < 1.29 is 18.0 Å². The lowest BCUT2D eigenvalue weighted by molar-refractivity contribution is -0.162. The molecular weight excluding hydrogens is 271 g/mol. The molecule has 2 rings (SSSR count). The summed E-state index contributed by atoms with van der Waals surface area (Å²) in [6.07, 6.45) is -4.45. The second-order valence-electron chi connectivity index (χ2n) is 4.78. The molecule has 0 fully saturated rings. The molecule has 1 aromatic rings. The van der Waals surface area contributed by atoms with E-state index in [1.54, 1.807) is 31.2 Å². The third-order valence-electron chi connectivity index (χ3n) is 3.00. The van der Waals surface area contributed by atoms with Crippen molar-refractivity contribution in [1.29, 1.82) is 0 Å². The van der Waals surface area contributed by atoms with E-state index in [2.05, 4.69) is 5.10 Å². The molecule has 20 heavy (non-hydrogen) atoms. The van der Waals surface area contributed by atoms with Gasteiger partial charge in [0.05, 0.1) is 5.71 Å². The summed E-state index contributed by atoms with van der Waals surface area (Å²) in [6.45, 7) is 0.398. The second-order valence-corrected chi connectivity index (χ2v) is 4.78. The van der Waals surface area contributed by atoms with Gasteiger partial charge in [0.1, 0.15) is 6.54 Å². The minimum absolute atomic E-state index is 0.0132. The van der Waals surface area contributed by atoms with Crippen molar-refractivity contribution in [1.82, 2.24) is 5.01 Å². The van der Waals surface area contributed by atoms with Crippen molar-refractivity contribution in [3.05, 3.63) is 29.8 Å². The van der Waals surface area contributed by atoms with E-state index >= 15 is 0 Å². The molecule has 1 aliphatic rings. The summed E-state index contributed by atoms with van der Waals surface area (Å²) < 4.78 is 37.2. The fourth-order valence-corrected chi connectivity index (χ4v) is 2.04. The quantitative estimate of drug-likeness (QED) is 0.848. The summed E-state index contributed by atoms with van der Waals surface area (Å²) in [4.78, 5) is 11.6. The van der Waals surface area contributed by atoms with Crippen LogP contribution in [0.5, 0.6) is 0 Å². The van der Waals surface area contributed by atoms with E-state index < -0.39 is 18.6 Å². The van der Waals surface area contributed by atoms with Crippen LogP contribution in [0.1, 0.15) is 18.9 Å². The summed E-state index contributed by atoms with van der Waals surface area (Å²) in [5, 5.41) is 4.36. The van der Waals surface area contributed by atoms with Crippen molar-refractivity contribution in [2.75, 3.05) is 12.3 Å². The van der Waals surface area contributed by atoms with E-state index in [1.165, 1.54) is 0 Å². The van der Waals surface area contributed by atoms with Gasteiger partial charge in [0, 0.05) is 18.0 Å². The number of anilines is 1. The Morgan fingerprint density at radius 1 is 1.35 bits per heavy atom. The number of carbonyl (C=O) groups is 1. The summed E-state index contributed by atoms with van der Waals surface area (Å²) >= 11 is 0. The van der Waals surface area contributed by atoms with E-state index in [4.69, 9.17) is 5.73 Å². The van der Waals surface area contributed by atoms with Gasteiger partial charge in [0.15, 0.2) is 0 Å². The maximum Gasteiger partial charge on any atom is 0.408 e. The molecule has 0 bridgehead atoms. The molecule has 0 radical (unpaired) electrons. The number of benzene rings is 1. The van der Waals surface area contributed by atoms with Gasteiger partial charge < -0.3 is 5.73 Å². The average Bonchev–Trinajstić information content (AvgIpc) is 2.32. The highest BCUT2D eigenvalue weighted by Gasteiger charge is 2.36. The van der Waals surface area contributed by atoms with Crippen LogP contribution < -0.4 is 5.73 Å². The second kappa shape index (κ2) is 5.15. The molecule has 1 heterocycles. The summed E-state index contributed by atoms with van der Waals surface area (Å²) in [6, 6.07) is 6.67. The van der Waals surface area contributed by atoms with E-state index in [9.17, 15) is 18.0 Å². The fraction of sp³-hybridized carbons (Fsp3) is 0.385. The first-order valence-corrected chi connectivity index (χ1v) is 6.08. The van der Waals surface area contributed by atoms with Gasteiger partial charge >= 0.3 is 6.18 Å². The number of amides is 1. The molecule has 0 saturated carbocycles. The number of nitrogen functional groups attached to an aromatic ring is 1. The van der Waals surface area contributed by atoms with Gasteiger partial charge in [-0.15, -0.1) is 0 Å². The number of nitrogens with two attached hydrogens (primary N) is 1. The normalized spacial score (nSPS) is 20.0. The number of alkyl halides is 3. The molecule has 0 saturated heterocycles. The standard InChI is InChI=1S/C13H14F3N3O/c1-8-6-11(20)19(7-13(14,15)16)18-12(8)9-2-4-10(17)5-3-9/h2-5,8H,6-7,17H2,1H3/t8-/m0/s1. The van der Waals surface area contributed by atoms with Crippen LogP contribution in [0.15, 0.2) is 29.4 Å². The van der Waals surface area contributed by atoms with Gasteiger partial charge in [-0.3, -0.25) is 4.79 Å². The maximum atomic E-state index is 12.4. The summed E-state index contributed by atoms with van der Waals surface area (Å²) in [5.41, 5.74) is 7.27. The number of halogens is 3. The molecule has 108 valence electrons. The number of hydrogen-bond acceptors (Lipinski definition) is 3. The Hall–Kier alpha value is -2.05. The zero-order valence-electron chi connectivity index (χ0n) is 10.8. The van der Waals surface area contributed by atoms with E-state index in [0.29, 0.717) is 22.0 Å². The van der Waals surface area contributed by atoms with Crippen LogP contribution in [-0.2, 0) is 4.79 Å². The predicted molar refractivity (Wildman–Crippen MR) is 68.9 cm³/mol. The molecule has 4 nitrogen and oxygen atoms in total. The van der Waals surface area contributed by atoms with Crippen molar-refractivity contribution in [3.8, 4) is 0 Å². The number of carbonyl (C=O) groups excluding carboxylic acids is 1. The molecule has 1 amide bonds. The van der Waals surface area contributed by atoms with Gasteiger partial charge in [-0.2, -0.15) is 18.3 Å². The Kier molecular flexibility index (Phi) is 3.69. The van der Waals surface area contributed by atoms with Crippen molar-refractivity contribution in [2.24, 2.45) is 11.0 Å². The van der Waals surface area contributed by atoms with E-state index in [0.717, 1.165) is 0 Å². The van der Waals surface area contributed by atoms with Crippen LogP contribution in [0.2, 0.25) is 0 Å². The number of hydrazone groups is 1. The highest BCUT2D eigenvalue weighted by atomic mass is 19.4. The number of hydrogen-bond donors (Lipinski definition) is 1. The zero-order valence-corrected chi connectivity index (χ0v) is 10.8. The lowest BCUT2D eigenvalue weighted by atomic mass is 9.93. The first kappa shape index (κ1) is 14.4. The van der Waals surface area contributed by atoms with Gasteiger partial charge in [-0.25, -0.2) is 5.01 Å². The zero-order chi connectivity index (χ0) is 14.9. The van der Waals surface area contributed by atoms with Crippen LogP contribution in [0.4, 0.5) is 18.9 Å². The SMILES string of the molecule is C[C@H]1CC(=O)N(CC(F)(F)F)N=C1c1ccc(N)cc1. The topological polar surface area (TPSA) is 58.7 Å². The molecule has 0 spiro atoms. The highest BCUT2D eigenvalue weighted by molar-refractivity contribution is 6.05. The summed E-state index contributed by atoms with van der Waals surface area (Å²) in [7, 11) is 0. The smallest absolute Gasteiger partial charge is 0.399 e. The minimum Gasteiger partial charge on any atom is -0.399 e. The molecule has 1 aromatic carbocycles. The Morgan fingerprint density at radius 2 is 1.95 bits per heavy atom. The van der Waals surface area contributed by atoms with Crippen LogP contribution in [0, 0.1) is 5.92 Å². The molecule has 1 aliphatic heterocycles. The first-order chi connectivity index (χ1) is 9.26. The Labute approximate surface area is 114 Å². The Balaban J connectivity index is 2.32. The lowest BCUT2D eigenvalue weighted by Crippen LogP contribution is -2.41. The molecule has 0 aliphatic carbocycles. The lowest BCUT2D eigenvalue weighted by Gasteiger charge is -2.28. The minimum atomic E-state index is -4.47. The van der Waals surface area contributed by atoms with Crippen molar-refractivity contribution in [3.63, 3.8) is 0 Å². The molecule has 0 aromatic heterocycles. The number of rotatable bonds is 2. The third kappa shape index (κ3) is 3.28. The Morgan fingerprint density at radius 3 is 2.50 bits per heavy atom. The monoisotopic (exact) mass is 285 g/mol. The fourth-order valence-electron chi connectivity index (χ4n) is 2.04. The average molecular weight is 285 g/mol. The van der Waals surface area contributed by atoms with Crippen molar-refractivity contribution >= 4 is 17.3 Å². The van der Waals surface area contributed by atoms with Gasteiger partial charge in [-0.1, -0.05) is 19.1 Å². The van der Waals surface area contributed by atoms with Crippen LogP contribution >= 0.6 is 0 Å². The third-order valence-corrected chi connectivity index (χ3v) is 3.00. The Bertz CT molecular complexity index is 537. The highest BCUT2D eigenvalue weighted by Crippen LogP contribution is 2.24. The number of nitrogens with zero attached hydrogens (tertiary/aromatic N) is 2. The largest absolute Gasteiger partial charge is 0.408 e. The molecule has 2 N–H and O–H groups in total. The van der Waals surface area contributed by atoms with Gasteiger partial charge in [-0.05, 0) is 17.7 Å². The molecule has 7 heteroatoms. The summed E-state index contributed by atoms with van der Waals surface area (Å²) in [5.74, 6) is -0.843. The van der Waals surface area contributed by atoms with E-state index in [1.807, 2.05) is 0 Å².